The first kappa shape index (κ1) is 13.9. The van der Waals surface area contributed by atoms with Gasteiger partial charge in [0, 0.05) is 5.56 Å². The first-order chi connectivity index (χ1) is 7.59. The van der Waals surface area contributed by atoms with Gasteiger partial charge in [-0.1, -0.05) is 18.2 Å². The van der Waals surface area contributed by atoms with Gasteiger partial charge < -0.3 is 10.4 Å². The molecule has 17 heavy (non-hydrogen) atoms. The Hall–Kier alpha value is -1.17. The van der Waals surface area contributed by atoms with Crippen molar-refractivity contribution in [1.82, 2.24) is 5.32 Å². The van der Waals surface area contributed by atoms with Crippen LogP contribution in [0.2, 0.25) is 0 Å². The van der Waals surface area contributed by atoms with E-state index in [1.165, 1.54) is 6.07 Å². The van der Waals surface area contributed by atoms with Crippen LogP contribution in [0.3, 0.4) is 0 Å². The second kappa shape index (κ2) is 5.44. The fourth-order valence-corrected chi connectivity index (χ4v) is 1.52. The summed E-state index contributed by atoms with van der Waals surface area (Å²) in [6, 6.07) is 6.06. The van der Waals surface area contributed by atoms with E-state index in [0.29, 0.717) is 11.4 Å². The molecule has 1 aliphatic heterocycles. The monoisotopic (exact) mass is 242 g/mol. The number of nitrogens with one attached hydrogen (secondary N) is 1. The topological polar surface area (TPSA) is 78.8 Å². The average molecular weight is 242 g/mol. The fourth-order valence-electron chi connectivity index (χ4n) is 1.52. The van der Waals surface area contributed by atoms with Gasteiger partial charge in [-0.2, -0.15) is 4.99 Å². The molecule has 2 N–H and O–H groups in total. The molecular weight excluding hydrogens is 231 g/mol. The molecule has 0 saturated heterocycles. The van der Waals surface area contributed by atoms with Crippen LogP contribution in [0.4, 0.5) is 0 Å². The van der Waals surface area contributed by atoms with Crippen LogP contribution in [0.1, 0.15) is 22.8 Å². The van der Waals surface area contributed by atoms with Crippen LogP contribution >= 0.6 is 0 Å². The first-order valence-corrected chi connectivity index (χ1v) is 4.81. The summed E-state index contributed by atoms with van der Waals surface area (Å²) in [5.41, 5.74) is 0.573. The van der Waals surface area contributed by atoms with Gasteiger partial charge in [-0.25, -0.2) is 4.79 Å². The van der Waals surface area contributed by atoms with Gasteiger partial charge in [0.25, 0.3) is 5.91 Å². The van der Waals surface area contributed by atoms with Gasteiger partial charge in [0.2, 0.25) is 0 Å². The zero-order valence-corrected chi connectivity index (χ0v) is 8.60. The van der Waals surface area contributed by atoms with E-state index in [4.69, 9.17) is 5.11 Å². The van der Waals surface area contributed by atoms with Crippen LogP contribution < -0.4 is 5.32 Å². The number of rotatable bonds is 2. The Balaban J connectivity index is 0.00000144. The molecule has 1 aliphatic rings. The van der Waals surface area contributed by atoms with E-state index in [2.05, 4.69) is 10.3 Å². The maximum absolute atomic E-state index is 11.2. The number of carboxylic acids is 1. The summed E-state index contributed by atoms with van der Waals surface area (Å²) in [6.07, 6.45) is 0. The molecule has 0 spiro atoms. The van der Waals surface area contributed by atoms with E-state index in [1.807, 2.05) is 0 Å². The third-order valence-corrected chi connectivity index (χ3v) is 2.36. The quantitative estimate of drug-likeness (QED) is 0.715. The van der Waals surface area contributed by atoms with Crippen molar-refractivity contribution in [3.63, 3.8) is 0 Å². The molecule has 1 aromatic rings. The van der Waals surface area contributed by atoms with Crippen LogP contribution in [-0.2, 0) is 4.79 Å². The van der Waals surface area contributed by atoms with Crippen LogP contribution in [0.25, 0.3) is 0 Å². The second-order valence-corrected chi connectivity index (χ2v) is 3.52. The minimum atomic E-state index is -1.04. The number of carbonyl (C=O) groups is 2. The SMILES string of the molecule is CC1NC(c2ccccc2C(=O)O)=NC1=O.[NaH]. The molecule has 1 amide bonds. The van der Waals surface area contributed by atoms with Gasteiger partial charge in [0.1, 0.15) is 11.9 Å². The van der Waals surface area contributed by atoms with Crippen molar-refractivity contribution in [3.05, 3.63) is 35.4 Å². The van der Waals surface area contributed by atoms with Crippen LogP contribution in [0.5, 0.6) is 0 Å². The van der Waals surface area contributed by atoms with Gasteiger partial charge in [-0.15, -0.1) is 0 Å². The molecule has 0 saturated carbocycles. The summed E-state index contributed by atoms with van der Waals surface area (Å²) in [7, 11) is 0. The van der Waals surface area contributed by atoms with Crippen molar-refractivity contribution in [2.24, 2.45) is 4.99 Å². The normalized spacial score (nSPS) is 18.1. The molecule has 1 atom stereocenters. The summed E-state index contributed by atoms with van der Waals surface area (Å²) in [4.78, 5) is 26.0. The summed E-state index contributed by atoms with van der Waals surface area (Å²) in [5.74, 6) is -0.988. The Morgan fingerprint density at radius 1 is 1.41 bits per heavy atom. The number of aromatic carboxylic acids is 1. The molecule has 0 fully saturated rings. The number of hydrogen-bond acceptors (Lipinski definition) is 3. The number of hydrogen-bond donors (Lipinski definition) is 2. The molecule has 0 aromatic heterocycles. The summed E-state index contributed by atoms with van der Waals surface area (Å²) < 4.78 is 0. The molecule has 1 aromatic carbocycles. The summed E-state index contributed by atoms with van der Waals surface area (Å²) in [5, 5.41) is 11.8. The van der Waals surface area contributed by atoms with Crippen molar-refractivity contribution in [3.8, 4) is 0 Å². The van der Waals surface area contributed by atoms with Crippen molar-refractivity contribution in [1.29, 1.82) is 0 Å². The molecule has 6 heteroatoms. The number of nitrogens with zero attached hydrogens (tertiary/aromatic N) is 1. The third kappa shape index (κ3) is 2.74. The maximum atomic E-state index is 11.2. The molecular formula is C11H11N2NaO3. The zero-order valence-electron chi connectivity index (χ0n) is 8.60. The van der Waals surface area contributed by atoms with Gasteiger partial charge in [0.05, 0.1) is 5.56 Å². The summed E-state index contributed by atoms with van der Waals surface area (Å²) >= 11 is 0. The minimum absolute atomic E-state index is 0. The van der Waals surface area contributed by atoms with Gasteiger partial charge in [0.15, 0.2) is 0 Å². The predicted molar refractivity (Wildman–Crippen MR) is 64.7 cm³/mol. The predicted octanol–water partition coefficient (Wildman–Crippen LogP) is 0.00120. The van der Waals surface area contributed by atoms with Crippen LogP contribution in [0.15, 0.2) is 29.3 Å². The van der Waals surface area contributed by atoms with E-state index >= 15 is 0 Å². The molecule has 1 heterocycles. The molecule has 2 rings (SSSR count). The molecule has 84 valence electrons. The zero-order chi connectivity index (χ0) is 11.7. The standard InChI is InChI=1S/C11H10N2O3.Na.H/c1-6-10(14)13-9(12-6)7-4-2-3-5-8(7)11(15)16;;/h2-6H,1H3,(H,15,16)(H,12,13,14);;. The van der Waals surface area contributed by atoms with Crippen LogP contribution in [0, 0.1) is 0 Å². The Morgan fingerprint density at radius 2 is 2.06 bits per heavy atom. The molecule has 0 radical (unpaired) electrons. The van der Waals surface area contributed by atoms with Crippen molar-refractivity contribution < 1.29 is 14.7 Å². The van der Waals surface area contributed by atoms with Crippen molar-refractivity contribution in [2.45, 2.75) is 13.0 Å². The van der Waals surface area contributed by atoms with Gasteiger partial charge >= 0.3 is 35.5 Å². The molecule has 0 aliphatic carbocycles. The van der Waals surface area contributed by atoms with Crippen LogP contribution in [-0.4, -0.2) is 58.4 Å². The number of amidine groups is 1. The number of carbonyl (C=O) groups excluding carboxylic acids is 1. The number of carboxylic acid groups (broad SMARTS) is 1. The number of amides is 1. The Morgan fingerprint density at radius 3 is 2.59 bits per heavy atom. The van der Waals surface area contributed by atoms with Gasteiger partial charge in [-0.3, -0.25) is 4.79 Å². The average Bonchev–Trinajstić information content (AvgIpc) is 2.59. The number of aliphatic imine (C=N–C) groups is 1. The van der Waals surface area contributed by atoms with E-state index in [-0.39, 0.29) is 41.0 Å². The number of benzene rings is 1. The molecule has 1 unspecified atom stereocenters. The second-order valence-electron chi connectivity index (χ2n) is 3.52. The van der Waals surface area contributed by atoms with E-state index in [9.17, 15) is 9.59 Å². The molecule has 5 nitrogen and oxygen atoms in total. The molecule has 0 bridgehead atoms. The first-order valence-electron chi connectivity index (χ1n) is 4.81. The van der Waals surface area contributed by atoms with E-state index in [1.54, 1.807) is 25.1 Å². The Labute approximate surface area is 120 Å². The van der Waals surface area contributed by atoms with Gasteiger partial charge in [-0.05, 0) is 13.0 Å². The fraction of sp³-hybridized carbons (Fsp3) is 0.182. The van der Waals surface area contributed by atoms with Crippen molar-refractivity contribution in [2.75, 3.05) is 0 Å². The van der Waals surface area contributed by atoms with E-state index < -0.39 is 12.0 Å². The van der Waals surface area contributed by atoms with E-state index in [0.717, 1.165) is 0 Å². The Bertz CT molecular complexity index is 499. The van der Waals surface area contributed by atoms with Crippen molar-refractivity contribution >= 4 is 47.3 Å². The third-order valence-electron chi connectivity index (χ3n) is 2.36. The summed E-state index contributed by atoms with van der Waals surface area (Å²) in [6.45, 7) is 1.68. The Kier molecular flexibility index (Phi) is 4.45.